The van der Waals surface area contributed by atoms with Gasteiger partial charge in [0, 0.05) is 36.1 Å². The average Bonchev–Trinajstić information content (AvgIpc) is 3.42. The fourth-order valence-electron chi connectivity index (χ4n) is 3.83. The van der Waals surface area contributed by atoms with Gasteiger partial charge in [0.25, 0.3) is 0 Å². The Morgan fingerprint density at radius 1 is 1.13 bits per heavy atom. The molecule has 0 aliphatic carbocycles. The summed E-state index contributed by atoms with van der Waals surface area (Å²) >= 11 is 0. The predicted molar refractivity (Wildman–Crippen MR) is 118 cm³/mol. The number of anilines is 3. The van der Waals surface area contributed by atoms with Gasteiger partial charge in [0.1, 0.15) is 17.0 Å². The number of H-pyrrole nitrogens is 1. The SMILES string of the molecule is COc1ccccc1-c1nc(Nc2ccc(N3CCC(N)C3)cc2)nc2[nH]cnc12. The molecule has 8 nitrogen and oxygen atoms in total. The van der Waals surface area contributed by atoms with Crippen molar-refractivity contribution in [2.75, 3.05) is 30.4 Å². The minimum Gasteiger partial charge on any atom is -0.496 e. The van der Waals surface area contributed by atoms with Crippen LogP contribution >= 0.6 is 0 Å². The van der Waals surface area contributed by atoms with E-state index in [0.29, 0.717) is 22.8 Å². The molecule has 0 bridgehead atoms. The van der Waals surface area contributed by atoms with Crippen LogP contribution in [0.1, 0.15) is 6.42 Å². The maximum absolute atomic E-state index is 6.03. The molecule has 5 rings (SSSR count). The Hall–Kier alpha value is -3.65. The van der Waals surface area contributed by atoms with E-state index in [-0.39, 0.29) is 6.04 Å². The molecular weight excluding hydrogens is 378 g/mol. The maximum atomic E-state index is 6.03. The number of hydrogen-bond donors (Lipinski definition) is 3. The first-order valence-corrected chi connectivity index (χ1v) is 9.93. The van der Waals surface area contributed by atoms with Gasteiger partial charge in [-0.05, 0) is 42.8 Å². The van der Waals surface area contributed by atoms with E-state index in [1.54, 1.807) is 13.4 Å². The van der Waals surface area contributed by atoms with E-state index in [9.17, 15) is 0 Å². The van der Waals surface area contributed by atoms with Crippen molar-refractivity contribution in [2.24, 2.45) is 5.73 Å². The molecule has 1 fully saturated rings. The Morgan fingerprint density at radius 2 is 1.97 bits per heavy atom. The summed E-state index contributed by atoms with van der Waals surface area (Å²) in [6.45, 7) is 1.89. The molecule has 8 heteroatoms. The summed E-state index contributed by atoms with van der Waals surface area (Å²) < 4.78 is 5.52. The lowest BCUT2D eigenvalue weighted by Crippen LogP contribution is -2.26. The number of aromatic amines is 1. The molecule has 1 aliphatic heterocycles. The van der Waals surface area contributed by atoms with Gasteiger partial charge in [0.2, 0.25) is 5.95 Å². The number of methoxy groups -OCH3 is 1. The van der Waals surface area contributed by atoms with Crippen LogP contribution in [0.25, 0.3) is 22.4 Å². The van der Waals surface area contributed by atoms with Crippen molar-refractivity contribution < 1.29 is 4.74 Å². The number of nitrogens with one attached hydrogen (secondary N) is 2. The number of para-hydroxylation sites is 1. The summed E-state index contributed by atoms with van der Waals surface area (Å²) in [7, 11) is 1.65. The van der Waals surface area contributed by atoms with Crippen LogP contribution in [0.3, 0.4) is 0 Å². The van der Waals surface area contributed by atoms with Crippen molar-refractivity contribution in [1.29, 1.82) is 0 Å². The minimum absolute atomic E-state index is 0.255. The number of nitrogens with two attached hydrogens (primary N) is 1. The van der Waals surface area contributed by atoms with Crippen molar-refractivity contribution in [3.05, 3.63) is 54.9 Å². The van der Waals surface area contributed by atoms with Gasteiger partial charge in [-0.3, -0.25) is 0 Å². The van der Waals surface area contributed by atoms with Crippen molar-refractivity contribution in [2.45, 2.75) is 12.5 Å². The number of hydrogen-bond acceptors (Lipinski definition) is 7. The third-order valence-electron chi connectivity index (χ3n) is 5.35. The van der Waals surface area contributed by atoms with Crippen molar-refractivity contribution in [1.82, 2.24) is 19.9 Å². The molecule has 1 aliphatic rings. The van der Waals surface area contributed by atoms with Crippen LogP contribution in [-0.2, 0) is 0 Å². The highest BCUT2D eigenvalue weighted by Crippen LogP contribution is 2.33. The first kappa shape index (κ1) is 18.4. The van der Waals surface area contributed by atoms with E-state index < -0.39 is 0 Å². The third kappa shape index (κ3) is 3.42. The third-order valence-corrected chi connectivity index (χ3v) is 5.35. The standard InChI is InChI=1S/C22H23N7O/c1-30-18-5-3-2-4-17(18)19-20-21(25-13-24-20)28-22(27-19)26-15-6-8-16(9-7-15)29-11-10-14(23)12-29/h2-9,13-14H,10-12,23H2,1H3,(H2,24,25,26,27,28). The van der Waals surface area contributed by atoms with Gasteiger partial charge >= 0.3 is 0 Å². The number of benzene rings is 2. The van der Waals surface area contributed by atoms with Gasteiger partial charge < -0.3 is 25.7 Å². The van der Waals surface area contributed by atoms with Crippen LogP contribution in [-0.4, -0.2) is 46.2 Å². The highest BCUT2D eigenvalue weighted by Gasteiger charge is 2.19. The number of aromatic nitrogens is 4. The molecule has 4 aromatic rings. The van der Waals surface area contributed by atoms with Crippen molar-refractivity contribution >= 4 is 28.5 Å². The first-order chi connectivity index (χ1) is 14.7. The van der Waals surface area contributed by atoms with Crippen LogP contribution in [0, 0.1) is 0 Å². The van der Waals surface area contributed by atoms with E-state index in [1.807, 2.05) is 36.4 Å². The first-order valence-electron chi connectivity index (χ1n) is 9.93. The van der Waals surface area contributed by atoms with Gasteiger partial charge in [-0.25, -0.2) is 9.97 Å². The lowest BCUT2D eigenvalue weighted by Gasteiger charge is -2.18. The van der Waals surface area contributed by atoms with Crippen LogP contribution in [0.15, 0.2) is 54.9 Å². The number of ether oxygens (including phenoxy) is 1. The van der Waals surface area contributed by atoms with Gasteiger partial charge in [0.05, 0.1) is 13.4 Å². The summed E-state index contributed by atoms with van der Waals surface area (Å²) in [5.74, 6) is 1.23. The second kappa shape index (κ2) is 7.64. The zero-order valence-corrected chi connectivity index (χ0v) is 16.7. The molecule has 1 unspecified atom stereocenters. The Morgan fingerprint density at radius 3 is 2.73 bits per heavy atom. The molecule has 1 atom stereocenters. The monoisotopic (exact) mass is 401 g/mol. The van der Waals surface area contributed by atoms with E-state index >= 15 is 0 Å². The zero-order chi connectivity index (χ0) is 20.5. The van der Waals surface area contributed by atoms with Gasteiger partial charge in [-0.2, -0.15) is 4.98 Å². The fraction of sp³-hybridized carbons (Fsp3) is 0.227. The largest absolute Gasteiger partial charge is 0.496 e. The quantitative estimate of drug-likeness (QED) is 0.471. The smallest absolute Gasteiger partial charge is 0.229 e. The summed E-state index contributed by atoms with van der Waals surface area (Å²) in [6.07, 6.45) is 2.65. The predicted octanol–water partition coefficient (Wildman–Crippen LogP) is 3.31. The lowest BCUT2D eigenvalue weighted by molar-refractivity contribution is 0.416. The zero-order valence-electron chi connectivity index (χ0n) is 16.7. The highest BCUT2D eigenvalue weighted by molar-refractivity contribution is 5.90. The molecule has 0 radical (unpaired) electrons. The van der Waals surface area contributed by atoms with Crippen molar-refractivity contribution in [3.8, 4) is 17.0 Å². The highest BCUT2D eigenvalue weighted by atomic mass is 16.5. The fourth-order valence-corrected chi connectivity index (χ4v) is 3.83. The molecule has 0 amide bonds. The molecule has 2 aromatic carbocycles. The lowest BCUT2D eigenvalue weighted by atomic mass is 10.1. The van der Waals surface area contributed by atoms with Crippen molar-refractivity contribution in [3.63, 3.8) is 0 Å². The average molecular weight is 401 g/mol. The molecule has 152 valence electrons. The number of fused-ring (bicyclic) bond motifs is 1. The van der Waals surface area contributed by atoms with E-state index in [4.69, 9.17) is 15.5 Å². The second-order valence-corrected chi connectivity index (χ2v) is 7.36. The molecule has 4 N–H and O–H groups in total. The summed E-state index contributed by atoms with van der Waals surface area (Å²) in [6, 6.07) is 16.3. The Balaban J connectivity index is 1.47. The maximum Gasteiger partial charge on any atom is 0.229 e. The molecule has 0 spiro atoms. The van der Waals surface area contributed by atoms with Gasteiger partial charge in [0.15, 0.2) is 5.65 Å². The second-order valence-electron chi connectivity index (χ2n) is 7.36. The number of nitrogens with zero attached hydrogens (tertiary/aromatic N) is 4. The topological polar surface area (TPSA) is 105 Å². The molecule has 1 saturated heterocycles. The molecule has 2 aromatic heterocycles. The number of imidazole rings is 1. The van der Waals surface area contributed by atoms with Gasteiger partial charge in [-0.15, -0.1) is 0 Å². The van der Waals surface area contributed by atoms with E-state index in [2.05, 4.69) is 37.3 Å². The Kier molecular flexibility index (Phi) is 4.68. The molecule has 30 heavy (non-hydrogen) atoms. The van der Waals surface area contributed by atoms with E-state index in [0.717, 1.165) is 36.5 Å². The molecular formula is C22H23N7O. The molecule has 0 saturated carbocycles. The van der Waals surface area contributed by atoms with E-state index in [1.165, 1.54) is 5.69 Å². The summed E-state index contributed by atoms with van der Waals surface area (Å²) in [5, 5.41) is 3.31. The number of rotatable bonds is 5. The van der Waals surface area contributed by atoms with Crippen LogP contribution in [0.5, 0.6) is 5.75 Å². The van der Waals surface area contributed by atoms with Crippen LogP contribution in [0.2, 0.25) is 0 Å². The summed E-state index contributed by atoms with van der Waals surface area (Å²) in [5.41, 5.74) is 11.0. The Bertz CT molecular complexity index is 1170. The normalized spacial score (nSPS) is 16.2. The minimum atomic E-state index is 0.255. The summed E-state index contributed by atoms with van der Waals surface area (Å²) in [4.78, 5) is 19.1. The Labute approximate surface area is 174 Å². The van der Waals surface area contributed by atoms with Gasteiger partial charge in [-0.1, -0.05) is 12.1 Å². The van der Waals surface area contributed by atoms with Crippen LogP contribution in [0.4, 0.5) is 17.3 Å². The molecule has 3 heterocycles. The van der Waals surface area contributed by atoms with Crippen LogP contribution < -0.4 is 20.7 Å².